The quantitative estimate of drug-likeness (QED) is 0.814. The highest BCUT2D eigenvalue weighted by Gasteiger charge is 2.28. The Bertz CT molecular complexity index is 829. The Balaban J connectivity index is 1.71. The fraction of sp³-hybridized carbons (Fsp3) is 0.500. The summed E-state index contributed by atoms with van der Waals surface area (Å²) >= 11 is 6.63. The Morgan fingerprint density at radius 3 is 2.86 bits per heavy atom. The summed E-state index contributed by atoms with van der Waals surface area (Å²) in [6, 6.07) is 7.93. The molecule has 0 aliphatic carbocycles. The highest BCUT2D eigenvalue weighted by molar-refractivity contribution is 6.31. The van der Waals surface area contributed by atoms with Gasteiger partial charge < -0.3 is 25.4 Å². The van der Waals surface area contributed by atoms with Crippen molar-refractivity contribution in [3.05, 3.63) is 40.5 Å². The lowest BCUT2D eigenvalue weighted by Crippen LogP contribution is -2.32. The van der Waals surface area contributed by atoms with Crippen molar-refractivity contribution < 1.29 is 9.84 Å². The van der Waals surface area contributed by atoms with Gasteiger partial charge >= 0.3 is 0 Å². The molecule has 1 aromatic carbocycles. The summed E-state index contributed by atoms with van der Waals surface area (Å²) in [5.74, 6) is 1.06. The summed E-state index contributed by atoms with van der Waals surface area (Å²) < 4.78 is 5.88. The average molecular weight is 404 g/mol. The normalized spacial score (nSPS) is 23.1. The van der Waals surface area contributed by atoms with E-state index in [0.717, 1.165) is 48.7 Å². The largest absolute Gasteiger partial charge is 0.391 e. The lowest BCUT2D eigenvalue weighted by Gasteiger charge is -2.32. The zero-order chi connectivity index (χ0) is 19.7. The molecule has 2 fully saturated rings. The van der Waals surface area contributed by atoms with E-state index in [0.29, 0.717) is 24.8 Å². The van der Waals surface area contributed by atoms with Gasteiger partial charge in [0.1, 0.15) is 5.82 Å². The second-order valence-corrected chi connectivity index (χ2v) is 7.86. The van der Waals surface area contributed by atoms with Crippen molar-refractivity contribution in [2.24, 2.45) is 0 Å². The van der Waals surface area contributed by atoms with Crippen LogP contribution in [0.3, 0.4) is 0 Å². The molecule has 28 heavy (non-hydrogen) atoms. The van der Waals surface area contributed by atoms with Crippen molar-refractivity contribution in [1.29, 1.82) is 0 Å². The van der Waals surface area contributed by atoms with Gasteiger partial charge in [-0.25, -0.2) is 4.98 Å². The van der Waals surface area contributed by atoms with Crippen molar-refractivity contribution in [3.8, 4) is 0 Å². The van der Waals surface area contributed by atoms with Crippen molar-refractivity contribution >= 4 is 29.1 Å². The first kappa shape index (κ1) is 19.2. The van der Waals surface area contributed by atoms with Gasteiger partial charge in [-0.05, 0) is 43.5 Å². The number of hydrogen-bond donors (Lipinski definition) is 2. The molecule has 2 aliphatic heterocycles. The van der Waals surface area contributed by atoms with Gasteiger partial charge in [0.2, 0.25) is 5.95 Å². The Morgan fingerprint density at radius 2 is 2.11 bits per heavy atom. The van der Waals surface area contributed by atoms with Gasteiger partial charge in [0.15, 0.2) is 0 Å². The van der Waals surface area contributed by atoms with Crippen LogP contribution >= 0.6 is 11.6 Å². The molecule has 0 saturated carbocycles. The van der Waals surface area contributed by atoms with Gasteiger partial charge in [-0.2, -0.15) is 4.98 Å². The first-order chi connectivity index (χ1) is 13.5. The van der Waals surface area contributed by atoms with Crippen molar-refractivity contribution in [1.82, 2.24) is 9.97 Å². The molecule has 2 aromatic rings. The van der Waals surface area contributed by atoms with Crippen molar-refractivity contribution in [2.75, 3.05) is 48.4 Å². The number of hydrogen-bond acceptors (Lipinski definition) is 7. The molecular weight excluding hydrogens is 378 g/mol. The van der Waals surface area contributed by atoms with Gasteiger partial charge in [-0.15, -0.1) is 0 Å². The zero-order valence-corrected chi connectivity index (χ0v) is 16.8. The lowest BCUT2D eigenvalue weighted by molar-refractivity contribution is 0.134. The molecule has 4 rings (SSSR count). The fourth-order valence-electron chi connectivity index (χ4n) is 3.99. The number of halogens is 1. The molecule has 2 atom stereocenters. The topological polar surface area (TPSA) is 87.7 Å². The summed E-state index contributed by atoms with van der Waals surface area (Å²) in [4.78, 5) is 13.1. The highest BCUT2D eigenvalue weighted by Crippen LogP contribution is 2.36. The van der Waals surface area contributed by atoms with E-state index in [4.69, 9.17) is 22.1 Å². The van der Waals surface area contributed by atoms with Gasteiger partial charge in [0.05, 0.1) is 18.8 Å². The molecule has 7 nitrogen and oxygen atoms in total. The van der Waals surface area contributed by atoms with E-state index in [2.05, 4.69) is 25.8 Å². The molecule has 3 heterocycles. The SMILES string of the molecule is Cc1cc(N2CCCOCC2c2cc(N3CC[C@H](O)C3)ccc2Cl)nc(N)n1. The molecule has 150 valence electrons. The summed E-state index contributed by atoms with van der Waals surface area (Å²) in [5.41, 5.74) is 8.80. The summed E-state index contributed by atoms with van der Waals surface area (Å²) in [5, 5.41) is 10.6. The van der Waals surface area contributed by atoms with E-state index in [1.165, 1.54) is 0 Å². The van der Waals surface area contributed by atoms with Crippen LogP contribution in [0.5, 0.6) is 0 Å². The molecule has 2 aliphatic rings. The van der Waals surface area contributed by atoms with Crippen LogP contribution in [0.1, 0.15) is 30.1 Å². The summed E-state index contributed by atoms with van der Waals surface area (Å²) in [6.45, 7) is 5.42. The summed E-state index contributed by atoms with van der Waals surface area (Å²) in [6.07, 6.45) is 1.41. The van der Waals surface area contributed by atoms with Crippen LogP contribution in [0.2, 0.25) is 5.02 Å². The van der Waals surface area contributed by atoms with E-state index in [-0.39, 0.29) is 18.1 Å². The molecule has 2 saturated heterocycles. The Kier molecular flexibility index (Phi) is 5.57. The summed E-state index contributed by atoms with van der Waals surface area (Å²) in [7, 11) is 0. The standard InChI is InChI=1S/C20H26ClN5O2/c1-13-9-19(24-20(22)23-13)26-6-2-8-28-12-18(26)16-10-14(3-4-17(16)21)25-7-5-15(27)11-25/h3-4,9-10,15,18,27H,2,5-8,11-12H2,1H3,(H2,22,23,24)/t15-,18?/m0/s1. The predicted molar refractivity (Wildman–Crippen MR) is 111 cm³/mol. The second-order valence-electron chi connectivity index (χ2n) is 7.46. The predicted octanol–water partition coefficient (Wildman–Crippen LogP) is 2.56. The molecule has 0 amide bonds. The third-order valence-electron chi connectivity index (χ3n) is 5.36. The molecule has 1 unspecified atom stereocenters. The number of ether oxygens (including phenoxy) is 1. The minimum Gasteiger partial charge on any atom is -0.391 e. The second kappa shape index (κ2) is 8.11. The fourth-order valence-corrected chi connectivity index (χ4v) is 4.23. The third-order valence-corrected chi connectivity index (χ3v) is 5.70. The lowest BCUT2D eigenvalue weighted by atomic mass is 10.0. The van der Waals surface area contributed by atoms with Crippen LogP contribution in [0.15, 0.2) is 24.3 Å². The maximum atomic E-state index is 9.89. The maximum absolute atomic E-state index is 9.89. The number of rotatable bonds is 3. The first-order valence-corrected chi connectivity index (χ1v) is 10.1. The number of benzene rings is 1. The zero-order valence-electron chi connectivity index (χ0n) is 16.0. The monoisotopic (exact) mass is 403 g/mol. The van der Waals surface area contributed by atoms with Crippen molar-refractivity contribution in [3.63, 3.8) is 0 Å². The maximum Gasteiger partial charge on any atom is 0.222 e. The number of nitrogen functional groups attached to an aromatic ring is 1. The van der Waals surface area contributed by atoms with Crippen LogP contribution in [-0.4, -0.2) is 54.0 Å². The Morgan fingerprint density at radius 1 is 1.25 bits per heavy atom. The molecule has 0 bridgehead atoms. The minimum absolute atomic E-state index is 0.0730. The number of anilines is 3. The third kappa shape index (κ3) is 4.01. The van der Waals surface area contributed by atoms with E-state index in [1.54, 1.807) is 0 Å². The number of aliphatic hydroxyl groups is 1. The smallest absolute Gasteiger partial charge is 0.222 e. The average Bonchev–Trinajstić information content (AvgIpc) is 2.94. The Labute approximate surface area is 170 Å². The molecule has 3 N–H and O–H groups in total. The van der Waals surface area contributed by atoms with Crippen LogP contribution < -0.4 is 15.5 Å². The minimum atomic E-state index is -0.274. The van der Waals surface area contributed by atoms with Crippen LogP contribution in [0, 0.1) is 6.92 Å². The van der Waals surface area contributed by atoms with E-state index in [9.17, 15) is 5.11 Å². The van der Waals surface area contributed by atoms with E-state index < -0.39 is 0 Å². The highest BCUT2D eigenvalue weighted by atomic mass is 35.5. The molecular formula is C20H26ClN5O2. The molecule has 1 aromatic heterocycles. The van der Waals surface area contributed by atoms with Gasteiger partial charge in [-0.1, -0.05) is 11.6 Å². The van der Waals surface area contributed by atoms with Crippen molar-refractivity contribution in [2.45, 2.75) is 31.9 Å². The number of nitrogens with zero attached hydrogens (tertiary/aromatic N) is 4. The Hall–Kier alpha value is -2.09. The van der Waals surface area contributed by atoms with E-state index >= 15 is 0 Å². The van der Waals surface area contributed by atoms with Gasteiger partial charge in [0, 0.05) is 48.7 Å². The number of aliphatic hydroxyl groups excluding tert-OH is 1. The molecule has 8 heteroatoms. The van der Waals surface area contributed by atoms with Gasteiger partial charge in [0.25, 0.3) is 0 Å². The number of β-amino-alcohol motifs (C(OH)–C–C–N with tert-alkyl or cyclic N) is 1. The van der Waals surface area contributed by atoms with Gasteiger partial charge in [-0.3, -0.25) is 0 Å². The van der Waals surface area contributed by atoms with E-state index in [1.807, 2.05) is 25.1 Å². The van der Waals surface area contributed by atoms with Crippen LogP contribution in [0.4, 0.5) is 17.5 Å². The van der Waals surface area contributed by atoms with Crippen LogP contribution in [-0.2, 0) is 4.74 Å². The number of nitrogens with two attached hydrogens (primary N) is 1. The molecule has 0 radical (unpaired) electrons. The number of aromatic nitrogens is 2. The number of aryl methyl sites for hydroxylation is 1. The molecule has 0 spiro atoms. The van der Waals surface area contributed by atoms with Crippen LogP contribution in [0.25, 0.3) is 0 Å². The first-order valence-electron chi connectivity index (χ1n) is 9.69.